The molecule has 12 nitrogen and oxygen atoms in total. The van der Waals surface area contributed by atoms with Gasteiger partial charge in [0.1, 0.15) is 5.75 Å². The molecule has 1 atom stereocenters. The highest BCUT2D eigenvalue weighted by atomic mass is 31.2. The molecule has 0 aliphatic rings. The van der Waals surface area contributed by atoms with Crippen molar-refractivity contribution in [2.24, 2.45) is 0 Å². The summed E-state index contributed by atoms with van der Waals surface area (Å²) in [6.45, 7) is -0.221. The van der Waals surface area contributed by atoms with Crippen LogP contribution in [-0.4, -0.2) is 38.3 Å². The smallest absolute Gasteiger partial charge is 0.334 e. The highest BCUT2D eigenvalue weighted by molar-refractivity contribution is 7.52. The van der Waals surface area contributed by atoms with E-state index >= 15 is 0 Å². The van der Waals surface area contributed by atoms with Crippen LogP contribution in [0.3, 0.4) is 0 Å². The van der Waals surface area contributed by atoms with E-state index in [0.29, 0.717) is 11.3 Å². The molecule has 0 amide bonds. The average Bonchev–Trinajstić information content (AvgIpc) is 2.71. The van der Waals surface area contributed by atoms with Crippen molar-refractivity contribution in [2.75, 3.05) is 13.7 Å². The Kier molecular flexibility index (Phi) is 6.37. The minimum Gasteiger partial charge on any atom is -0.497 e. The topological polar surface area (TPSA) is 188 Å². The van der Waals surface area contributed by atoms with E-state index < -0.39 is 29.3 Å². The van der Waals surface area contributed by atoms with Crippen molar-refractivity contribution in [2.45, 2.75) is 12.2 Å². The average molecular weight is 450 g/mol. The molecule has 0 fully saturated rings. The number of nitrogens with one attached hydrogen (secondary N) is 3. The number of nitrogens with zero attached hydrogens (tertiary/aromatic N) is 1. The maximum atomic E-state index is 12.0. The second-order valence-electron chi connectivity index (χ2n) is 6.70. The number of benzene rings is 2. The zero-order valence-electron chi connectivity index (χ0n) is 16.2. The fraction of sp³-hybridized carbons (Fsp3) is 0.222. The van der Waals surface area contributed by atoms with Crippen molar-refractivity contribution in [3.05, 3.63) is 78.3 Å². The monoisotopic (exact) mass is 450 g/mol. The maximum absolute atomic E-state index is 12.0. The SMILES string of the molecule is COc1ccc(C(CNCc2cc([N+](=O)[O-])cc3[nH]c(=O)c(=O)[nH]c23)P(=O)(O)O)cc1. The molecule has 3 aromatic rings. The zero-order valence-corrected chi connectivity index (χ0v) is 17.1. The van der Waals surface area contributed by atoms with Gasteiger partial charge in [-0.3, -0.25) is 24.3 Å². The van der Waals surface area contributed by atoms with E-state index in [1.807, 2.05) is 0 Å². The van der Waals surface area contributed by atoms with Crippen LogP contribution in [-0.2, 0) is 11.1 Å². The summed E-state index contributed by atoms with van der Waals surface area (Å²) >= 11 is 0. The molecule has 1 unspecified atom stereocenters. The number of aromatic amines is 2. The molecule has 0 saturated heterocycles. The highest BCUT2D eigenvalue weighted by Crippen LogP contribution is 2.51. The molecule has 1 heterocycles. The van der Waals surface area contributed by atoms with Crippen LogP contribution >= 0.6 is 7.60 Å². The van der Waals surface area contributed by atoms with E-state index in [9.17, 15) is 34.1 Å². The summed E-state index contributed by atoms with van der Waals surface area (Å²) in [4.78, 5) is 58.0. The number of methoxy groups -OCH3 is 1. The van der Waals surface area contributed by atoms with Gasteiger partial charge in [-0.05, 0) is 23.3 Å². The highest BCUT2D eigenvalue weighted by Gasteiger charge is 2.30. The molecule has 5 N–H and O–H groups in total. The normalized spacial score (nSPS) is 12.6. The summed E-state index contributed by atoms with van der Waals surface area (Å²) in [6.07, 6.45) is 0. The van der Waals surface area contributed by atoms with Crippen LogP contribution in [0, 0.1) is 10.1 Å². The molecule has 0 aliphatic heterocycles. The minimum atomic E-state index is -4.55. The number of non-ortho nitro benzene ring substituents is 1. The van der Waals surface area contributed by atoms with Crippen LogP contribution < -0.4 is 21.2 Å². The van der Waals surface area contributed by atoms with Gasteiger partial charge in [0.2, 0.25) is 0 Å². The van der Waals surface area contributed by atoms with Crippen LogP contribution in [0.1, 0.15) is 16.8 Å². The molecular weight excluding hydrogens is 431 g/mol. The van der Waals surface area contributed by atoms with Gasteiger partial charge in [0.05, 0.1) is 28.7 Å². The molecule has 31 heavy (non-hydrogen) atoms. The van der Waals surface area contributed by atoms with Gasteiger partial charge in [0.15, 0.2) is 0 Å². The van der Waals surface area contributed by atoms with E-state index in [1.165, 1.54) is 25.3 Å². The molecule has 3 rings (SSSR count). The largest absolute Gasteiger partial charge is 0.497 e. The van der Waals surface area contributed by atoms with Crippen LogP contribution in [0.15, 0.2) is 46.0 Å². The number of nitro benzene ring substituents is 1. The number of fused-ring (bicyclic) bond motifs is 1. The van der Waals surface area contributed by atoms with Gasteiger partial charge in [-0.1, -0.05) is 12.1 Å². The van der Waals surface area contributed by atoms with Crippen LogP contribution in [0.4, 0.5) is 5.69 Å². The van der Waals surface area contributed by atoms with Crippen LogP contribution in [0.25, 0.3) is 11.0 Å². The molecule has 0 radical (unpaired) electrons. The van der Waals surface area contributed by atoms with Gasteiger partial charge in [0, 0.05) is 25.2 Å². The zero-order chi connectivity index (χ0) is 22.8. The van der Waals surface area contributed by atoms with Gasteiger partial charge >= 0.3 is 18.7 Å². The number of rotatable bonds is 8. The fourth-order valence-electron chi connectivity index (χ4n) is 3.13. The van der Waals surface area contributed by atoms with Gasteiger partial charge in [0.25, 0.3) is 5.69 Å². The minimum absolute atomic E-state index is 0.0627. The standard InChI is InChI=1S/C18H19N4O8P/c1-30-13-4-2-10(3-5-13)15(31(27,28)29)9-19-8-11-6-12(22(25)26)7-14-16(11)21-18(24)17(23)20-14/h2-7,15,19H,8-9H2,1H3,(H,20,23)(H,21,24)(H2,27,28,29). The Morgan fingerprint density at radius 1 is 1.16 bits per heavy atom. The lowest BCUT2D eigenvalue weighted by Gasteiger charge is -2.20. The molecular formula is C18H19N4O8P. The fourth-order valence-corrected chi connectivity index (χ4v) is 4.05. The number of nitro groups is 1. The van der Waals surface area contributed by atoms with Crippen molar-refractivity contribution in [1.29, 1.82) is 0 Å². The first kappa shape index (κ1) is 22.4. The van der Waals surface area contributed by atoms with Crippen molar-refractivity contribution in [3.63, 3.8) is 0 Å². The summed E-state index contributed by atoms with van der Waals surface area (Å²) in [5.41, 5.74) is -2.46. The molecule has 0 aliphatic carbocycles. The number of H-pyrrole nitrogens is 2. The molecule has 0 saturated carbocycles. The Hall–Kier alpha value is -3.31. The summed E-state index contributed by atoms with van der Waals surface area (Å²) < 4.78 is 17.1. The van der Waals surface area contributed by atoms with Crippen LogP contribution in [0.2, 0.25) is 0 Å². The summed E-state index contributed by atoms with van der Waals surface area (Å²) in [5, 5.41) is 14.1. The van der Waals surface area contributed by atoms with E-state index in [1.54, 1.807) is 12.1 Å². The first-order chi connectivity index (χ1) is 14.6. The Morgan fingerprint density at radius 3 is 2.39 bits per heavy atom. The van der Waals surface area contributed by atoms with Crippen molar-refractivity contribution in [1.82, 2.24) is 15.3 Å². The lowest BCUT2D eigenvalue weighted by atomic mass is 10.1. The van der Waals surface area contributed by atoms with E-state index in [0.717, 1.165) is 6.07 Å². The molecule has 164 valence electrons. The Labute approximate surface area is 174 Å². The first-order valence-electron chi connectivity index (χ1n) is 8.93. The number of ether oxygens (including phenoxy) is 1. The summed E-state index contributed by atoms with van der Waals surface area (Å²) in [7, 11) is -3.08. The second-order valence-corrected chi connectivity index (χ2v) is 8.50. The van der Waals surface area contributed by atoms with Gasteiger partial charge in [-0.2, -0.15) is 0 Å². The predicted molar refractivity (Wildman–Crippen MR) is 111 cm³/mol. The van der Waals surface area contributed by atoms with E-state index in [2.05, 4.69) is 15.3 Å². The van der Waals surface area contributed by atoms with Gasteiger partial charge < -0.3 is 29.8 Å². The number of hydrogen-bond acceptors (Lipinski definition) is 7. The first-order valence-corrected chi connectivity index (χ1v) is 10.6. The predicted octanol–water partition coefficient (Wildman–Crippen LogP) is 1.14. The van der Waals surface area contributed by atoms with Crippen LogP contribution in [0.5, 0.6) is 5.75 Å². The van der Waals surface area contributed by atoms with Crippen molar-refractivity contribution in [3.8, 4) is 5.75 Å². The Bertz CT molecular complexity index is 1280. The van der Waals surface area contributed by atoms with Crippen molar-refractivity contribution >= 4 is 24.3 Å². The van der Waals surface area contributed by atoms with Crippen molar-refractivity contribution < 1.29 is 24.0 Å². The number of hydrogen-bond donors (Lipinski definition) is 5. The van der Waals surface area contributed by atoms with Gasteiger partial charge in [-0.25, -0.2) is 0 Å². The molecule has 1 aromatic heterocycles. The number of aromatic nitrogens is 2. The lowest BCUT2D eigenvalue weighted by molar-refractivity contribution is -0.384. The molecule has 0 spiro atoms. The lowest BCUT2D eigenvalue weighted by Crippen LogP contribution is -2.29. The van der Waals surface area contributed by atoms with Gasteiger partial charge in [-0.15, -0.1) is 0 Å². The Balaban J connectivity index is 1.90. The third-order valence-corrected chi connectivity index (χ3v) is 5.96. The third kappa shape index (κ3) is 5.06. The second kappa shape index (κ2) is 8.82. The third-order valence-electron chi connectivity index (χ3n) is 4.67. The molecule has 2 aromatic carbocycles. The molecule has 13 heteroatoms. The molecule has 0 bridgehead atoms. The van der Waals surface area contributed by atoms with E-state index in [-0.39, 0.29) is 35.4 Å². The maximum Gasteiger partial charge on any atom is 0.334 e. The summed E-state index contributed by atoms with van der Waals surface area (Å²) in [6, 6.07) is 8.56. The van der Waals surface area contributed by atoms with E-state index in [4.69, 9.17) is 4.74 Å². The Morgan fingerprint density at radius 2 is 1.81 bits per heavy atom. The summed E-state index contributed by atoms with van der Waals surface area (Å²) in [5.74, 6) is 0.530. The quantitative estimate of drug-likeness (QED) is 0.145.